The Bertz CT molecular complexity index is 315. The van der Waals surface area contributed by atoms with Gasteiger partial charge in [0.1, 0.15) is 5.76 Å². The fourth-order valence-electron chi connectivity index (χ4n) is 1.22. The van der Waals surface area contributed by atoms with E-state index in [-0.39, 0.29) is 18.6 Å². The van der Waals surface area contributed by atoms with E-state index in [0.717, 1.165) is 12.2 Å². The molecule has 0 radical (unpaired) electrons. The number of aliphatic hydroxyl groups is 1. The highest BCUT2D eigenvalue weighted by molar-refractivity contribution is 5.91. The molecule has 1 atom stereocenters. The molecule has 15 heavy (non-hydrogen) atoms. The Balaban J connectivity index is 2.60. The second-order valence-corrected chi connectivity index (χ2v) is 3.38. The minimum Gasteiger partial charge on any atom is -0.456 e. The molecule has 0 fully saturated rings. The van der Waals surface area contributed by atoms with Crippen molar-refractivity contribution in [1.29, 1.82) is 0 Å². The van der Waals surface area contributed by atoms with E-state index < -0.39 is 0 Å². The minimum absolute atomic E-state index is 0.0520. The average Bonchev–Trinajstić information content (AvgIpc) is 2.74. The van der Waals surface area contributed by atoms with E-state index in [9.17, 15) is 4.79 Å². The van der Waals surface area contributed by atoms with Crippen LogP contribution in [0.3, 0.4) is 0 Å². The maximum absolute atomic E-state index is 11.6. The third kappa shape index (κ3) is 3.09. The molecule has 0 bridgehead atoms. The van der Waals surface area contributed by atoms with Gasteiger partial charge < -0.3 is 14.8 Å². The summed E-state index contributed by atoms with van der Waals surface area (Å²) in [6, 6.07) is 3.24. The van der Waals surface area contributed by atoms with Gasteiger partial charge in [0.15, 0.2) is 5.76 Å². The van der Waals surface area contributed by atoms with Gasteiger partial charge in [-0.2, -0.15) is 0 Å². The number of hydrogen-bond acceptors (Lipinski definition) is 3. The topological polar surface area (TPSA) is 62.5 Å². The normalized spacial score (nSPS) is 12.5. The minimum atomic E-state index is -0.268. The van der Waals surface area contributed by atoms with Crippen molar-refractivity contribution in [2.24, 2.45) is 0 Å². The molecule has 0 saturated carbocycles. The molecule has 0 aliphatic rings. The van der Waals surface area contributed by atoms with Crippen LogP contribution in [-0.4, -0.2) is 23.7 Å². The number of aryl methyl sites for hydroxylation is 1. The third-order valence-corrected chi connectivity index (χ3v) is 2.28. The predicted molar refractivity (Wildman–Crippen MR) is 56.7 cm³/mol. The Labute approximate surface area is 89.3 Å². The first-order valence-corrected chi connectivity index (χ1v) is 5.21. The molecule has 0 aliphatic carbocycles. The highest BCUT2D eigenvalue weighted by atomic mass is 16.3. The van der Waals surface area contributed by atoms with E-state index in [1.54, 1.807) is 12.1 Å². The summed E-state index contributed by atoms with van der Waals surface area (Å²) >= 11 is 0. The van der Waals surface area contributed by atoms with Crippen molar-refractivity contribution in [1.82, 2.24) is 5.32 Å². The number of carbonyl (C=O) groups excluding carboxylic acids is 1. The zero-order valence-corrected chi connectivity index (χ0v) is 9.12. The summed E-state index contributed by atoms with van der Waals surface area (Å²) in [6.45, 7) is 3.81. The molecule has 1 unspecified atom stereocenters. The number of rotatable bonds is 5. The second-order valence-electron chi connectivity index (χ2n) is 3.38. The Kier molecular flexibility index (Phi) is 4.37. The van der Waals surface area contributed by atoms with E-state index in [0.29, 0.717) is 12.2 Å². The smallest absolute Gasteiger partial charge is 0.287 e. The largest absolute Gasteiger partial charge is 0.456 e. The number of amides is 1. The predicted octanol–water partition coefficient (Wildman–Crippen LogP) is 1.34. The van der Waals surface area contributed by atoms with Crippen LogP contribution in [-0.2, 0) is 6.42 Å². The standard InChI is InChI=1S/C11H17NO3/c1-3-8(7-13)12-11(14)10-6-5-9(4-2)15-10/h5-6,8,13H,3-4,7H2,1-2H3,(H,12,14). The Hall–Kier alpha value is -1.29. The molecule has 1 heterocycles. The van der Waals surface area contributed by atoms with Gasteiger partial charge in [0.05, 0.1) is 12.6 Å². The van der Waals surface area contributed by atoms with Crippen molar-refractivity contribution in [3.05, 3.63) is 23.7 Å². The van der Waals surface area contributed by atoms with Crippen LogP contribution < -0.4 is 5.32 Å². The summed E-state index contributed by atoms with van der Waals surface area (Å²) in [5.74, 6) is 0.826. The molecule has 1 aromatic rings. The fraction of sp³-hybridized carbons (Fsp3) is 0.545. The summed E-state index contributed by atoms with van der Waals surface area (Å²) in [4.78, 5) is 11.6. The van der Waals surface area contributed by atoms with Crippen LogP contribution in [0.4, 0.5) is 0 Å². The van der Waals surface area contributed by atoms with Crippen molar-refractivity contribution < 1.29 is 14.3 Å². The quantitative estimate of drug-likeness (QED) is 0.772. The number of carbonyl (C=O) groups is 1. The zero-order valence-electron chi connectivity index (χ0n) is 9.12. The Morgan fingerprint density at radius 2 is 2.27 bits per heavy atom. The first-order valence-electron chi connectivity index (χ1n) is 5.21. The molecule has 0 saturated heterocycles. The molecule has 84 valence electrons. The van der Waals surface area contributed by atoms with Gasteiger partial charge in [-0.25, -0.2) is 0 Å². The fourth-order valence-corrected chi connectivity index (χ4v) is 1.22. The first-order chi connectivity index (χ1) is 7.21. The molecular formula is C11H17NO3. The first kappa shape index (κ1) is 11.8. The van der Waals surface area contributed by atoms with Gasteiger partial charge in [-0.05, 0) is 18.6 Å². The lowest BCUT2D eigenvalue weighted by atomic mass is 10.2. The van der Waals surface area contributed by atoms with E-state index in [4.69, 9.17) is 9.52 Å². The Morgan fingerprint density at radius 1 is 1.53 bits per heavy atom. The number of furan rings is 1. The second kappa shape index (κ2) is 5.56. The van der Waals surface area contributed by atoms with Gasteiger partial charge in [0, 0.05) is 6.42 Å². The van der Waals surface area contributed by atoms with Gasteiger partial charge in [-0.1, -0.05) is 13.8 Å². The van der Waals surface area contributed by atoms with Gasteiger partial charge in [-0.15, -0.1) is 0 Å². The summed E-state index contributed by atoms with van der Waals surface area (Å²) in [6.07, 6.45) is 1.47. The molecule has 2 N–H and O–H groups in total. The Morgan fingerprint density at radius 3 is 2.73 bits per heavy atom. The van der Waals surface area contributed by atoms with E-state index in [1.807, 2.05) is 13.8 Å². The van der Waals surface area contributed by atoms with Crippen molar-refractivity contribution in [2.75, 3.05) is 6.61 Å². The third-order valence-electron chi connectivity index (χ3n) is 2.28. The number of aliphatic hydroxyl groups excluding tert-OH is 1. The molecule has 0 spiro atoms. The van der Waals surface area contributed by atoms with Crippen LogP contribution in [0.2, 0.25) is 0 Å². The molecule has 1 rings (SSSR count). The highest BCUT2D eigenvalue weighted by Gasteiger charge is 2.14. The molecular weight excluding hydrogens is 194 g/mol. The van der Waals surface area contributed by atoms with Crippen LogP contribution >= 0.6 is 0 Å². The van der Waals surface area contributed by atoms with E-state index in [2.05, 4.69) is 5.32 Å². The highest BCUT2D eigenvalue weighted by Crippen LogP contribution is 2.08. The lowest BCUT2D eigenvalue weighted by Gasteiger charge is -2.12. The maximum Gasteiger partial charge on any atom is 0.287 e. The molecule has 1 aromatic heterocycles. The summed E-state index contributed by atoms with van der Waals surface area (Å²) in [7, 11) is 0. The molecule has 0 aromatic carbocycles. The molecule has 1 amide bonds. The molecule has 0 aliphatic heterocycles. The maximum atomic E-state index is 11.6. The van der Waals surface area contributed by atoms with Gasteiger partial charge in [-0.3, -0.25) is 4.79 Å². The average molecular weight is 211 g/mol. The van der Waals surface area contributed by atoms with Crippen LogP contribution in [0.5, 0.6) is 0 Å². The van der Waals surface area contributed by atoms with Crippen molar-refractivity contribution in [2.45, 2.75) is 32.7 Å². The van der Waals surface area contributed by atoms with Gasteiger partial charge in [0.2, 0.25) is 0 Å². The van der Waals surface area contributed by atoms with Gasteiger partial charge >= 0.3 is 0 Å². The lowest BCUT2D eigenvalue weighted by Crippen LogP contribution is -2.36. The van der Waals surface area contributed by atoms with Crippen molar-refractivity contribution >= 4 is 5.91 Å². The van der Waals surface area contributed by atoms with Crippen LogP contribution in [0.15, 0.2) is 16.5 Å². The van der Waals surface area contributed by atoms with Crippen LogP contribution in [0.1, 0.15) is 36.6 Å². The summed E-state index contributed by atoms with van der Waals surface area (Å²) in [5.41, 5.74) is 0. The number of nitrogens with one attached hydrogen (secondary N) is 1. The van der Waals surface area contributed by atoms with Crippen LogP contribution in [0, 0.1) is 0 Å². The van der Waals surface area contributed by atoms with Crippen molar-refractivity contribution in [3.63, 3.8) is 0 Å². The van der Waals surface area contributed by atoms with E-state index in [1.165, 1.54) is 0 Å². The van der Waals surface area contributed by atoms with E-state index >= 15 is 0 Å². The lowest BCUT2D eigenvalue weighted by molar-refractivity contribution is 0.0885. The summed E-state index contributed by atoms with van der Waals surface area (Å²) in [5, 5.41) is 11.6. The van der Waals surface area contributed by atoms with Gasteiger partial charge in [0.25, 0.3) is 5.91 Å². The summed E-state index contributed by atoms with van der Waals surface area (Å²) < 4.78 is 5.29. The van der Waals surface area contributed by atoms with Crippen molar-refractivity contribution in [3.8, 4) is 0 Å². The van der Waals surface area contributed by atoms with Crippen LogP contribution in [0.25, 0.3) is 0 Å². The molecule has 4 heteroatoms. The number of hydrogen-bond donors (Lipinski definition) is 2. The SMILES string of the molecule is CCc1ccc(C(=O)NC(CC)CO)o1. The molecule has 4 nitrogen and oxygen atoms in total. The monoisotopic (exact) mass is 211 g/mol. The zero-order chi connectivity index (χ0) is 11.3.